The summed E-state index contributed by atoms with van der Waals surface area (Å²) in [5.74, 6) is 0.248. The van der Waals surface area contributed by atoms with Crippen LogP contribution in [0.2, 0.25) is 0 Å². The van der Waals surface area contributed by atoms with Gasteiger partial charge in [-0.05, 0) is 38.6 Å². The Bertz CT molecular complexity index is 554. The smallest absolute Gasteiger partial charge is 0.227 e. The molecule has 1 amide bonds. The standard InChI is InChI=1S/C18H29N3OS/c1-18(2,3)17(22)20(4)13-7-6-10-21(11-13)12-16-19-14-8-5-9-15(14)23-16/h13H,5-12H2,1-4H3. The zero-order chi connectivity index (χ0) is 16.6. The van der Waals surface area contributed by atoms with Crippen molar-refractivity contribution in [2.24, 2.45) is 5.41 Å². The number of carbonyl (C=O) groups excluding carboxylic acids is 1. The Morgan fingerprint density at radius 1 is 1.35 bits per heavy atom. The Morgan fingerprint density at radius 2 is 2.13 bits per heavy atom. The van der Waals surface area contributed by atoms with Crippen molar-refractivity contribution in [2.75, 3.05) is 20.1 Å². The summed E-state index contributed by atoms with van der Waals surface area (Å²) in [4.78, 5) is 23.3. The largest absolute Gasteiger partial charge is 0.341 e. The average Bonchev–Trinajstić information content (AvgIpc) is 3.06. The molecule has 5 heteroatoms. The van der Waals surface area contributed by atoms with Crippen LogP contribution < -0.4 is 0 Å². The molecule has 1 aromatic heterocycles. The summed E-state index contributed by atoms with van der Waals surface area (Å²) < 4.78 is 0. The number of likely N-dealkylation sites (N-methyl/N-ethyl adjacent to an activating group) is 1. The summed E-state index contributed by atoms with van der Waals surface area (Å²) in [6.45, 7) is 9.06. The SMILES string of the molecule is CN(C(=O)C(C)(C)C)C1CCCN(Cc2nc3c(s2)CCC3)C1. The molecular weight excluding hydrogens is 306 g/mol. The molecule has 1 fully saturated rings. The molecule has 3 rings (SSSR count). The van der Waals surface area contributed by atoms with Crippen molar-refractivity contribution >= 4 is 17.2 Å². The summed E-state index contributed by atoms with van der Waals surface area (Å²) in [5.41, 5.74) is 1.05. The minimum absolute atomic E-state index is 0.248. The lowest BCUT2D eigenvalue weighted by atomic mass is 9.93. The molecule has 0 radical (unpaired) electrons. The van der Waals surface area contributed by atoms with Crippen molar-refractivity contribution in [2.45, 2.75) is 65.5 Å². The Balaban J connectivity index is 1.60. The van der Waals surface area contributed by atoms with E-state index in [9.17, 15) is 4.79 Å². The molecule has 1 atom stereocenters. The van der Waals surface area contributed by atoms with Crippen molar-refractivity contribution in [1.29, 1.82) is 0 Å². The molecule has 2 aliphatic rings. The highest BCUT2D eigenvalue weighted by atomic mass is 32.1. The van der Waals surface area contributed by atoms with E-state index in [1.54, 1.807) is 0 Å². The fourth-order valence-electron chi connectivity index (χ4n) is 3.69. The molecule has 128 valence electrons. The highest BCUT2D eigenvalue weighted by Crippen LogP contribution is 2.29. The molecule has 0 aromatic carbocycles. The van der Waals surface area contributed by atoms with Gasteiger partial charge in [-0.3, -0.25) is 9.69 Å². The van der Waals surface area contributed by atoms with E-state index in [2.05, 4.69) is 4.90 Å². The van der Waals surface area contributed by atoms with Crippen LogP contribution in [0.4, 0.5) is 0 Å². The van der Waals surface area contributed by atoms with Gasteiger partial charge >= 0.3 is 0 Å². The second-order valence-electron chi connectivity index (χ2n) is 8.03. The molecule has 1 unspecified atom stereocenters. The summed E-state index contributed by atoms with van der Waals surface area (Å²) >= 11 is 1.90. The first-order valence-electron chi connectivity index (χ1n) is 8.81. The fourth-order valence-corrected chi connectivity index (χ4v) is 4.89. The zero-order valence-electron chi connectivity index (χ0n) is 14.9. The third kappa shape index (κ3) is 3.77. The number of aromatic nitrogens is 1. The fraction of sp³-hybridized carbons (Fsp3) is 0.778. The molecule has 4 nitrogen and oxygen atoms in total. The summed E-state index contributed by atoms with van der Waals surface area (Å²) in [5, 5.41) is 1.26. The number of amides is 1. The van der Waals surface area contributed by atoms with Crippen molar-refractivity contribution in [3.8, 4) is 0 Å². The van der Waals surface area contributed by atoms with E-state index in [1.807, 2.05) is 44.1 Å². The van der Waals surface area contributed by atoms with Gasteiger partial charge in [0.1, 0.15) is 5.01 Å². The van der Waals surface area contributed by atoms with Crippen LogP contribution in [0.3, 0.4) is 0 Å². The van der Waals surface area contributed by atoms with Gasteiger partial charge in [-0.1, -0.05) is 20.8 Å². The Labute approximate surface area is 143 Å². The predicted molar refractivity (Wildman–Crippen MR) is 94.7 cm³/mol. The third-order valence-electron chi connectivity index (χ3n) is 4.99. The Hall–Kier alpha value is -0.940. The van der Waals surface area contributed by atoms with Crippen LogP contribution in [0.25, 0.3) is 0 Å². The minimum Gasteiger partial charge on any atom is -0.341 e. The maximum absolute atomic E-state index is 12.5. The van der Waals surface area contributed by atoms with Gasteiger partial charge < -0.3 is 4.90 Å². The summed E-state index contributed by atoms with van der Waals surface area (Å²) in [6, 6.07) is 0.335. The van der Waals surface area contributed by atoms with Crippen LogP contribution in [0.5, 0.6) is 0 Å². The predicted octanol–water partition coefficient (Wildman–Crippen LogP) is 3.10. The van der Waals surface area contributed by atoms with E-state index in [-0.39, 0.29) is 11.3 Å². The van der Waals surface area contributed by atoms with Gasteiger partial charge in [0.15, 0.2) is 0 Å². The van der Waals surface area contributed by atoms with Gasteiger partial charge in [0, 0.05) is 29.9 Å². The van der Waals surface area contributed by atoms with Gasteiger partial charge in [-0.2, -0.15) is 0 Å². The van der Waals surface area contributed by atoms with E-state index in [1.165, 1.54) is 28.4 Å². The third-order valence-corrected chi connectivity index (χ3v) is 6.13. The number of carbonyl (C=O) groups is 1. The molecule has 1 aliphatic carbocycles. The topological polar surface area (TPSA) is 36.4 Å². The van der Waals surface area contributed by atoms with Gasteiger partial charge in [0.2, 0.25) is 5.91 Å². The quantitative estimate of drug-likeness (QED) is 0.852. The molecule has 0 spiro atoms. The number of rotatable bonds is 3. The highest BCUT2D eigenvalue weighted by molar-refractivity contribution is 7.11. The molecule has 0 N–H and O–H groups in total. The number of fused-ring (bicyclic) bond motifs is 1. The van der Waals surface area contributed by atoms with E-state index in [0.29, 0.717) is 6.04 Å². The average molecular weight is 336 g/mol. The summed E-state index contributed by atoms with van der Waals surface area (Å²) in [6.07, 6.45) is 5.94. The Morgan fingerprint density at radius 3 is 2.83 bits per heavy atom. The molecule has 0 saturated carbocycles. The first kappa shape index (κ1) is 16.9. The molecule has 1 aliphatic heterocycles. The number of piperidine rings is 1. The maximum Gasteiger partial charge on any atom is 0.227 e. The lowest BCUT2D eigenvalue weighted by molar-refractivity contribution is -0.141. The molecule has 2 heterocycles. The highest BCUT2D eigenvalue weighted by Gasteiger charge is 2.32. The van der Waals surface area contributed by atoms with Crippen LogP contribution in [0.1, 0.15) is 55.6 Å². The molecule has 1 aromatic rings. The van der Waals surface area contributed by atoms with E-state index in [4.69, 9.17) is 4.98 Å². The van der Waals surface area contributed by atoms with E-state index in [0.717, 1.165) is 38.9 Å². The first-order chi connectivity index (χ1) is 10.8. The van der Waals surface area contributed by atoms with Crippen LogP contribution >= 0.6 is 11.3 Å². The van der Waals surface area contributed by atoms with Gasteiger partial charge in [-0.25, -0.2) is 4.98 Å². The normalized spacial score (nSPS) is 22.2. The van der Waals surface area contributed by atoms with E-state index >= 15 is 0 Å². The number of thiazole rings is 1. The molecule has 23 heavy (non-hydrogen) atoms. The van der Waals surface area contributed by atoms with Crippen LogP contribution in [-0.4, -0.2) is 46.9 Å². The van der Waals surface area contributed by atoms with Gasteiger partial charge in [0.25, 0.3) is 0 Å². The number of aryl methyl sites for hydroxylation is 2. The van der Waals surface area contributed by atoms with Crippen LogP contribution in [0, 0.1) is 5.41 Å². The number of likely N-dealkylation sites (tertiary alicyclic amines) is 1. The van der Waals surface area contributed by atoms with Gasteiger partial charge in [-0.15, -0.1) is 11.3 Å². The van der Waals surface area contributed by atoms with Crippen molar-refractivity contribution in [3.05, 3.63) is 15.6 Å². The lowest BCUT2D eigenvalue weighted by Gasteiger charge is -2.39. The van der Waals surface area contributed by atoms with Crippen molar-refractivity contribution in [1.82, 2.24) is 14.8 Å². The second-order valence-corrected chi connectivity index (χ2v) is 9.20. The van der Waals surface area contributed by atoms with Crippen molar-refractivity contribution in [3.63, 3.8) is 0 Å². The number of hydrogen-bond acceptors (Lipinski definition) is 4. The van der Waals surface area contributed by atoms with Crippen LogP contribution in [0.15, 0.2) is 0 Å². The second kappa shape index (κ2) is 6.52. The number of nitrogens with zero attached hydrogens (tertiary/aromatic N) is 3. The Kier molecular flexibility index (Phi) is 4.79. The summed E-state index contributed by atoms with van der Waals surface area (Å²) in [7, 11) is 1.97. The van der Waals surface area contributed by atoms with Crippen LogP contribution in [-0.2, 0) is 24.2 Å². The molecule has 1 saturated heterocycles. The number of hydrogen-bond donors (Lipinski definition) is 0. The monoisotopic (exact) mass is 335 g/mol. The molecule has 0 bridgehead atoms. The zero-order valence-corrected chi connectivity index (χ0v) is 15.7. The minimum atomic E-state index is -0.298. The lowest BCUT2D eigenvalue weighted by Crippen LogP contribution is -2.50. The van der Waals surface area contributed by atoms with Crippen molar-refractivity contribution < 1.29 is 4.79 Å². The van der Waals surface area contributed by atoms with Gasteiger partial charge in [0.05, 0.1) is 12.2 Å². The first-order valence-corrected chi connectivity index (χ1v) is 9.63. The molecular formula is C18H29N3OS. The maximum atomic E-state index is 12.5. The van der Waals surface area contributed by atoms with E-state index < -0.39 is 0 Å².